The summed E-state index contributed by atoms with van der Waals surface area (Å²) in [6.45, 7) is 0.0869. The van der Waals surface area contributed by atoms with Crippen molar-refractivity contribution in [2.75, 3.05) is 4.90 Å². The van der Waals surface area contributed by atoms with Gasteiger partial charge in [-0.05, 0) is 48.0 Å². The molecule has 1 saturated heterocycles. The first kappa shape index (κ1) is 21.5. The summed E-state index contributed by atoms with van der Waals surface area (Å²) in [5, 5.41) is -0.0877. The third-order valence-corrected chi connectivity index (χ3v) is 6.05. The smallest absolute Gasteiger partial charge is 0.270 e. The lowest BCUT2D eigenvalue weighted by molar-refractivity contribution is -0.113. The Balaban J connectivity index is 1.53. The van der Waals surface area contributed by atoms with Gasteiger partial charge in [-0.15, -0.1) is 0 Å². The minimum atomic E-state index is -0.571. The fourth-order valence-corrected chi connectivity index (χ4v) is 4.41. The highest BCUT2D eigenvalue weighted by Gasteiger charge is 2.33. The first-order valence-corrected chi connectivity index (χ1v) is 10.7. The normalized spacial score (nSPS) is 15.1. The third kappa shape index (κ3) is 4.79. The summed E-state index contributed by atoms with van der Waals surface area (Å²) < 4.78 is 33.2. The molecule has 1 heterocycles. The van der Waals surface area contributed by atoms with Crippen LogP contribution in [0.5, 0.6) is 5.75 Å². The van der Waals surface area contributed by atoms with E-state index in [1.807, 2.05) is 6.07 Å². The van der Waals surface area contributed by atoms with Crippen LogP contribution in [0.2, 0.25) is 5.02 Å². The quantitative estimate of drug-likeness (QED) is 0.308. The van der Waals surface area contributed by atoms with Gasteiger partial charge in [0.25, 0.3) is 5.91 Å². The van der Waals surface area contributed by atoms with Crippen LogP contribution in [0.4, 0.5) is 14.5 Å². The van der Waals surface area contributed by atoms with Crippen LogP contribution in [0.25, 0.3) is 6.08 Å². The Kier molecular flexibility index (Phi) is 6.36. The third-order valence-electron chi connectivity index (χ3n) is 4.46. The topological polar surface area (TPSA) is 29.5 Å². The first-order valence-electron chi connectivity index (χ1n) is 9.11. The summed E-state index contributed by atoms with van der Waals surface area (Å²) in [5.41, 5.74) is 1.58. The van der Waals surface area contributed by atoms with Crippen molar-refractivity contribution in [2.45, 2.75) is 6.61 Å². The molecule has 0 spiro atoms. The molecule has 1 aliphatic rings. The Morgan fingerprint density at radius 3 is 2.61 bits per heavy atom. The second kappa shape index (κ2) is 9.18. The number of carbonyl (C=O) groups is 1. The van der Waals surface area contributed by atoms with Crippen LogP contribution in [0.1, 0.15) is 11.1 Å². The van der Waals surface area contributed by atoms with Crippen molar-refractivity contribution in [3.05, 3.63) is 99.4 Å². The molecule has 4 rings (SSSR count). The van der Waals surface area contributed by atoms with Crippen LogP contribution in [0, 0.1) is 11.6 Å². The highest BCUT2D eigenvalue weighted by Crippen LogP contribution is 2.37. The number of benzene rings is 3. The van der Waals surface area contributed by atoms with E-state index in [4.69, 9.17) is 28.6 Å². The Hall–Kier alpha value is -2.74. The van der Waals surface area contributed by atoms with Crippen LogP contribution >= 0.6 is 35.6 Å². The fourth-order valence-electron chi connectivity index (χ4n) is 2.94. The minimum absolute atomic E-state index is 0.0869. The molecule has 156 valence electrons. The average molecular weight is 474 g/mol. The molecule has 0 radical (unpaired) electrons. The number of halogens is 3. The predicted octanol–water partition coefficient (Wildman–Crippen LogP) is 6.60. The maximum absolute atomic E-state index is 13.8. The molecule has 1 aliphatic heterocycles. The van der Waals surface area contributed by atoms with Gasteiger partial charge in [-0.3, -0.25) is 9.69 Å². The summed E-state index contributed by atoms with van der Waals surface area (Å²) >= 11 is 12.3. The Morgan fingerprint density at radius 1 is 1.03 bits per heavy atom. The van der Waals surface area contributed by atoms with Gasteiger partial charge in [0.15, 0.2) is 4.32 Å². The molecule has 8 heteroatoms. The predicted molar refractivity (Wildman–Crippen MR) is 124 cm³/mol. The van der Waals surface area contributed by atoms with E-state index < -0.39 is 5.82 Å². The van der Waals surface area contributed by atoms with Crippen molar-refractivity contribution in [1.82, 2.24) is 0 Å². The Labute approximate surface area is 192 Å². The molecule has 0 saturated carbocycles. The number of amides is 1. The molecule has 1 fully saturated rings. The lowest BCUT2D eigenvalue weighted by Gasteiger charge is -2.14. The number of ether oxygens (including phenoxy) is 1. The second-order valence-electron chi connectivity index (χ2n) is 6.57. The molecule has 0 unspecified atom stereocenters. The zero-order valence-corrected chi connectivity index (χ0v) is 18.2. The highest BCUT2D eigenvalue weighted by molar-refractivity contribution is 8.27. The SMILES string of the molecule is O=C1/C(=C\c2cccc(OCc3ccccc3F)c2)SC(=S)N1c1ccc(F)c(Cl)c1. The minimum Gasteiger partial charge on any atom is -0.489 e. The molecule has 1 amide bonds. The highest BCUT2D eigenvalue weighted by atomic mass is 35.5. The van der Waals surface area contributed by atoms with Crippen LogP contribution in [-0.2, 0) is 11.4 Å². The van der Waals surface area contributed by atoms with Gasteiger partial charge < -0.3 is 4.74 Å². The number of hydrogen-bond donors (Lipinski definition) is 0. The summed E-state index contributed by atoms with van der Waals surface area (Å²) in [4.78, 5) is 14.6. The van der Waals surface area contributed by atoms with Crippen molar-refractivity contribution in [2.24, 2.45) is 0 Å². The van der Waals surface area contributed by atoms with E-state index in [9.17, 15) is 13.6 Å². The lowest BCUT2D eigenvalue weighted by atomic mass is 10.2. The van der Waals surface area contributed by atoms with Gasteiger partial charge in [0.1, 0.15) is 24.0 Å². The number of rotatable bonds is 5. The van der Waals surface area contributed by atoms with Crippen LogP contribution in [0.3, 0.4) is 0 Å². The van der Waals surface area contributed by atoms with Gasteiger partial charge in [0.2, 0.25) is 0 Å². The van der Waals surface area contributed by atoms with Gasteiger partial charge in [-0.2, -0.15) is 0 Å². The lowest BCUT2D eigenvalue weighted by Crippen LogP contribution is -2.27. The second-order valence-corrected chi connectivity index (χ2v) is 8.65. The molecular formula is C23H14ClF2NO2S2. The van der Waals surface area contributed by atoms with E-state index in [1.54, 1.807) is 42.5 Å². The Morgan fingerprint density at radius 2 is 1.84 bits per heavy atom. The monoisotopic (exact) mass is 473 g/mol. The number of carbonyl (C=O) groups excluding carboxylic acids is 1. The van der Waals surface area contributed by atoms with E-state index in [0.29, 0.717) is 26.2 Å². The van der Waals surface area contributed by atoms with Crippen molar-refractivity contribution in [3.8, 4) is 5.75 Å². The molecular weight excluding hydrogens is 460 g/mol. The van der Waals surface area contributed by atoms with Gasteiger partial charge in [-0.25, -0.2) is 8.78 Å². The van der Waals surface area contributed by atoms with E-state index >= 15 is 0 Å². The number of hydrogen-bond acceptors (Lipinski definition) is 4. The van der Waals surface area contributed by atoms with Crippen LogP contribution in [0.15, 0.2) is 71.6 Å². The number of thioether (sulfide) groups is 1. The maximum Gasteiger partial charge on any atom is 0.270 e. The molecule has 0 aliphatic carbocycles. The zero-order valence-electron chi connectivity index (χ0n) is 15.8. The van der Waals surface area contributed by atoms with Gasteiger partial charge in [0.05, 0.1) is 15.6 Å². The number of thiocarbonyl (C=S) groups is 1. The largest absolute Gasteiger partial charge is 0.489 e. The average Bonchev–Trinajstić information content (AvgIpc) is 3.03. The van der Waals surface area contributed by atoms with Crippen molar-refractivity contribution in [1.29, 1.82) is 0 Å². The van der Waals surface area contributed by atoms with Crippen LogP contribution < -0.4 is 9.64 Å². The summed E-state index contributed by atoms with van der Waals surface area (Å²) in [6.07, 6.45) is 1.69. The van der Waals surface area contributed by atoms with Gasteiger partial charge in [-0.1, -0.05) is 65.9 Å². The van der Waals surface area contributed by atoms with Crippen molar-refractivity contribution < 1.29 is 18.3 Å². The van der Waals surface area contributed by atoms with Crippen molar-refractivity contribution in [3.63, 3.8) is 0 Å². The van der Waals surface area contributed by atoms with E-state index in [2.05, 4.69) is 0 Å². The molecule has 31 heavy (non-hydrogen) atoms. The van der Waals surface area contributed by atoms with Gasteiger partial charge >= 0.3 is 0 Å². The maximum atomic E-state index is 13.8. The van der Waals surface area contributed by atoms with E-state index in [-0.39, 0.29) is 23.4 Å². The first-order chi connectivity index (χ1) is 14.9. The molecule has 0 bridgehead atoms. The zero-order chi connectivity index (χ0) is 22.0. The number of anilines is 1. The standard InChI is InChI=1S/C23H14ClF2NO2S2/c24-18-12-16(8-9-20(18)26)27-22(28)21(31-23(27)30)11-14-4-3-6-17(10-14)29-13-15-5-1-2-7-19(15)25/h1-12H,13H2/b21-11+. The van der Waals surface area contributed by atoms with Crippen molar-refractivity contribution >= 4 is 57.6 Å². The molecule has 0 aromatic heterocycles. The molecule has 3 aromatic carbocycles. The summed E-state index contributed by atoms with van der Waals surface area (Å²) in [5.74, 6) is -0.685. The van der Waals surface area contributed by atoms with Crippen LogP contribution in [-0.4, -0.2) is 10.2 Å². The molecule has 3 nitrogen and oxygen atoms in total. The van der Waals surface area contributed by atoms with E-state index in [0.717, 1.165) is 17.3 Å². The van der Waals surface area contributed by atoms with E-state index in [1.165, 1.54) is 29.2 Å². The molecule has 3 aromatic rings. The van der Waals surface area contributed by atoms with Gasteiger partial charge in [0, 0.05) is 5.56 Å². The fraction of sp³-hybridized carbons (Fsp3) is 0.0435. The number of nitrogens with zero attached hydrogens (tertiary/aromatic N) is 1. The summed E-state index contributed by atoms with van der Waals surface area (Å²) in [6, 6.07) is 17.5. The molecule has 0 atom stereocenters. The summed E-state index contributed by atoms with van der Waals surface area (Å²) in [7, 11) is 0. The Bertz CT molecular complexity index is 1220. The molecule has 0 N–H and O–H groups in total.